The Labute approximate surface area is 208 Å². The first-order valence-corrected chi connectivity index (χ1v) is 18.0. The van der Waals surface area contributed by atoms with Gasteiger partial charge >= 0.3 is 0 Å². The van der Waals surface area contributed by atoms with Crippen LogP contribution in [0.1, 0.15) is 47.8 Å². The fourth-order valence-electron chi connectivity index (χ4n) is 3.66. The van der Waals surface area contributed by atoms with Crippen LogP contribution in [0.2, 0.25) is 36.3 Å². The summed E-state index contributed by atoms with van der Waals surface area (Å²) in [5, 5.41) is 8.00. The fraction of sp³-hybridized carbons (Fsp3) is 0.739. The van der Waals surface area contributed by atoms with Crippen LogP contribution in [-0.4, -0.2) is 70.8 Å². The molecule has 0 amide bonds. The van der Waals surface area contributed by atoms with Crippen molar-refractivity contribution in [2.24, 2.45) is 0 Å². The third-order valence-corrected chi connectivity index (χ3v) is 17.0. The van der Waals surface area contributed by atoms with Crippen molar-refractivity contribution in [1.29, 1.82) is 0 Å². The van der Waals surface area contributed by atoms with E-state index in [2.05, 4.69) is 87.9 Å². The SMILES string of the molecule is CC(C)(C)[Si](C)(C)OC[C@H]1O[C@@H](n2cnc3c2ncn2cnnc32)[C@H](F)C1O[Si](C)(C)C(C)(C)C. The molecule has 0 aliphatic carbocycles. The van der Waals surface area contributed by atoms with E-state index in [9.17, 15) is 0 Å². The molecule has 1 unspecified atom stereocenters. The molecule has 12 heteroatoms. The smallest absolute Gasteiger partial charge is 0.192 e. The molecule has 4 rings (SSSR count). The van der Waals surface area contributed by atoms with E-state index >= 15 is 4.39 Å². The summed E-state index contributed by atoms with van der Waals surface area (Å²) in [6, 6.07) is 0. The van der Waals surface area contributed by atoms with Crippen LogP contribution in [0.15, 0.2) is 19.0 Å². The lowest BCUT2D eigenvalue weighted by atomic mass is 10.1. The largest absolute Gasteiger partial charge is 0.414 e. The maximum atomic E-state index is 16.2. The standard InChI is InChI=1S/C23H39FN6O3Si2/c1-22(2,3)34(7,8)31-11-15-18(33-35(9,10)23(4,5)6)16(24)21(32-15)30-13-25-17-19(30)26-12-29-14-27-28-20(17)29/h12-16,18,21H,11H2,1-10H3/t15-,16-,18?,21-/m1/s1. The minimum absolute atomic E-state index is 0.0317. The van der Waals surface area contributed by atoms with Gasteiger partial charge in [0.1, 0.15) is 24.9 Å². The third kappa shape index (κ3) is 4.70. The molecule has 0 bridgehead atoms. The lowest BCUT2D eigenvalue weighted by molar-refractivity contribution is -0.0421. The number of fused-ring (bicyclic) bond motifs is 3. The predicted octanol–water partition coefficient (Wildman–Crippen LogP) is 5.12. The second-order valence-electron chi connectivity index (χ2n) is 12.6. The van der Waals surface area contributed by atoms with Crippen molar-refractivity contribution in [2.75, 3.05) is 6.61 Å². The molecule has 4 heterocycles. The summed E-state index contributed by atoms with van der Waals surface area (Å²) in [6.07, 6.45) is 1.07. The number of hydrogen-bond acceptors (Lipinski definition) is 7. The van der Waals surface area contributed by atoms with Crippen LogP contribution >= 0.6 is 0 Å². The van der Waals surface area contributed by atoms with E-state index in [4.69, 9.17) is 13.6 Å². The molecular weight excluding hydrogens is 483 g/mol. The van der Waals surface area contributed by atoms with Gasteiger partial charge in [-0.25, -0.2) is 14.4 Å². The number of halogens is 1. The van der Waals surface area contributed by atoms with Crippen molar-refractivity contribution in [3.63, 3.8) is 0 Å². The van der Waals surface area contributed by atoms with Crippen LogP contribution in [0, 0.1) is 0 Å². The van der Waals surface area contributed by atoms with Gasteiger partial charge < -0.3 is 13.6 Å². The summed E-state index contributed by atoms with van der Waals surface area (Å²) >= 11 is 0. The summed E-state index contributed by atoms with van der Waals surface area (Å²) in [5.41, 5.74) is 1.60. The Morgan fingerprint density at radius 3 is 2.23 bits per heavy atom. The number of rotatable bonds is 6. The monoisotopic (exact) mass is 522 g/mol. The van der Waals surface area contributed by atoms with Gasteiger partial charge in [0.05, 0.1) is 12.9 Å². The molecule has 3 aromatic heterocycles. The zero-order valence-electron chi connectivity index (χ0n) is 22.5. The van der Waals surface area contributed by atoms with Gasteiger partial charge in [0.15, 0.2) is 45.8 Å². The molecule has 0 aromatic carbocycles. The van der Waals surface area contributed by atoms with Gasteiger partial charge in [0.2, 0.25) is 0 Å². The number of alkyl halides is 1. The molecule has 0 spiro atoms. The van der Waals surface area contributed by atoms with Crippen molar-refractivity contribution >= 4 is 33.4 Å². The van der Waals surface area contributed by atoms with Crippen molar-refractivity contribution in [2.45, 2.75) is 102 Å². The van der Waals surface area contributed by atoms with Crippen LogP contribution < -0.4 is 0 Å². The van der Waals surface area contributed by atoms with E-state index in [1.54, 1.807) is 27.9 Å². The van der Waals surface area contributed by atoms with Crippen molar-refractivity contribution < 1.29 is 18.0 Å². The van der Waals surface area contributed by atoms with Gasteiger partial charge in [-0.1, -0.05) is 41.5 Å². The molecule has 0 radical (unpaired) electrons. The molecule has 1 aliphatic heterocycles. The Bertz CT molecular complexity index is 1200. The Morgan fingerprint density at radius 2 is 1.60 bits per heavy atom. The molecule has 0 N–H and O–H groups in total. The van der Waals surface area contributed by atoms with Crippen LogP contribution in [0.4, 0.5) is 4.39 Å². The third-order valence-electron chi connectivity index (χ3n) is 8.05. The van der Waals surface area contributed by atoms with Crippen molar-refractivity contribution in [3.05, 3.63) is 19.0 Å². The highest BCUT2D eigenvalue weighted by atomic mass is 28.4. The highest BCUT2D eigenvalue weighted by Crippen LogP contribution is 2.43. The van der Waals surface area contributed by atoms with Gasteiger partial charge in [-0.05, 0) is 36.3 Å². The first-order valence-electron chi connectivity index (χ1n) is 12.2. The highest BCUT2D eigenvalue weighted by Gasteiger charge is 2.52. The van der Waals surface area contributed by atoms with Gasteiger partial charge in [-0.3, -0.25) is 8.97 Å². The molecule has 3 aromatic rings. The van der Waals surface area contributed by atoms with Gasteiger partial charge in [-0.15, -0.1) is 10.2 Å². The second-order valence-corrected chi connectivity index (χ2v) is 22.1. The molecule has 0 saturated carbocycles. The lowest BCUT2D eigenvalue weighted by Crippen LogP contribution is -2.50. The molecule has 4 atom stereocenters. The maximum absolute atomic E-state index is 16.2. The van der Waals surface area contributed by atoms with E-state index in [-0.39, 0.29) is 16.7 Å². The maximum Gasteiger partial charge on any atom is 0.192 e. The summed E-state index contributed by atoms with van der Waals surface area (Å²) in [6.45, 7) is 21.9. The van der Waals surface area contributed by atoms with Gasteiger partial charge in [-0.2, -0.15) is 0 Å². The number of nitrogens with zero attached hydrogens (tertiary/aromatic N) is 6. The van der Waals surface area contributed by atoms with Crippen LogP contribution in [0.3, 0.4) is 0 Å². The molecule has 1 saturated heterocycles. The summed E-state index contributed by atoms with van der Waals surface area (Å²) in [5.74, 6) is 0. The minimum Gasteiger partial charge on any atom is -0.414 e. The number of ether oxygens (including phenoxy) is 1. The Kier molecular flexibility index (Phi) is 6.53. The average Bonchev–Trinajstić information content (AvgIpc) is 3.42. The minimum atomic E-state index is -2.29. The molecular formula is C23H39FN6O3Si2. The summed E-state index contributed by atoms with van der Waals surface area (Å²) < 4.78 is 39.0. The predicted molar refractivity (Wildman–Crippen MR) is 138 cm³/mol. The molecule has 194 valence electrons. The quantitative estimate of drug-likeness (QED) is 0.415. The normalized spacial score (nSPS) is 24.7. The van der Waals surface area contributed by atoms with E-state index in [1.807, 2.05) is 0 Å². The van der Waals surface area contributed by atoms with E-state index in [1.165, 1.54) is 0 Å². The highest BCUT2D eigenvalue weighted by molar-refractivity contribution is 6.74. The van der Waals surface area contributed by atoms with Gasteiger partial charge in [0.25, 0.3) is 0 Å². The Hall–Kier alpha value is -1.74. The van der Waals surface area contributed by atoms with Crippen LogP contribution in [-0.2, 0) is 13.6 Å². The fourth-order valence-corrected chi connectivity index (χ4v) is 5.99. The Balaban J connectivity index is 1.67. The topological polar surface area (TPSA) is 88.6 Å². The first-order chi connectivity index (χ1) is 16.0. The van der Waals surface area contributed by atoms with E-state index in [0.29, 0.717) is 16.8 Å². The van der Waals surface area contributed by atoms with E-state index < -0.39 is 41.2 Å². The second kappa shape index (κ2) is 8.68. The van der Waals surface area contributed by atoms with Crippen molar-refractivity contribution in [1.82, 2.24) is 29.1 Å². The summed E-state index contributed by atoms with van der Waals surface area (Å²) in [7, 11) is -4.36. The average molecular weight is 523 g/mol. The lowest BCUT2D eigenvalue weighted by Gasteiger charge is -2.40. The van der Waals surface area contributed by atoms with E-state index in [0.717, 1.165) is 0 Å². The first kappa shape index (κ1) is 26.3. The van der Waals surface area contributed by atoms with Crippen LogP contribution in [0.5, 0.6) is 0 Å². The van der Waals surface area contributed by atoms with Crippen molar-refractivity contribution in [3.8, 4) is 0 Å². The molecule has 1 aliphatic rings. The number of aromatic nitrogens is 6. The van der Waals surface area contributed by atoms with Crippen LogP contribution in [0.25, 0.3) is 16.8 Å². The Morgan fingerprint density at radius 1 is 0.943 bits per heavy atom. The van der Waals surface area contributed by atoms with Gasteiger partial charge in [0, 0.05) is 0 Å². The number of imidazole rings is 1. The summed E-state index contributed by atoms with van der Waals surface area (Å²) in [4.78, 5) is 8.94. The molecule has 1 fully saturated rings. The zero-order valence-corrected chi connectivity index (χ0v) is 24.5. The molecule has 9 nitrogen and oxygen atoms in total. The zero-order chi connectivity index (χ0) is 26.0. The molecule has 35 heavy (non-hydrogen) atoms. The number of hydrogen-bond donors (Lipinski definition) is 0.